The van der Waals surface area contributed by atoms with Crippen molar-refractivity contribution in [2.24, 2.45) is 0 Å². The highest BCUT2D eigenvalue weighted by Crippen LogP contribution is 2.13. The fraction of sp³-hybridized carbons (Fsp3) is 0.450. The largest absolute Gasteiger partial charge is 0.353 e. The molecule has 0 saturated carbocycles. The van der Waals surface area contributed by atoms with Gasteiger partial charge in [-0.15, -0.1) is 0 Å². The Morgan fingerprint density at radius 3 is 2.69 bits per heavy atom. The number of hydrogen-bond donors (Lipinski definition) is 1. The minimum atomic E-state index is -0.0550. The Labute approximate surface area is 153 Å². The SMILES string of the molecule is Cc1cccc(=O)n1CCC(=O)NC1CCN(Cc2ccccn2)CC1. The van der Waals surface area contributed by atoms with Crippen LogP contribution in [-0.4, -0.2) is 39.5 Å². The third-order valence-corrected chi connectivity index (χ3v) is 4.89. The summed E-state index contributed by atoms with van der Waals surface area (Å²) in [4.78, 5) is 30.8. The van der Waals surface area contributed by atoms with E-state index in [9.17, 15) is 9.59 Å². The molecule has 1 N–H and O–H groups in total. The van der Waals surface area contributed by atoms with E-state index in [2.05, 4.69) is 15.2 Å². The number of piperidine rings is 1. The summed E-state index contributed by atoms with van der Waals surface area (Å²) < 4.78 is 1.65. The number of carbonyl (C=O) groups excluding carboxylic acids is 1. The van der Waals surface area contributed by atoms with E-state index >= 15 is 0 Å². The maximum absolute atomic E-state index is 12.2. The van der Waals surface area contributed by atoms with Gasteiger partial charge in [0, 0.05) is 56.6 Å². The van der Waals surface area contributed by atoms with Gasteiger partial charge >= 0.3 is 0 Å². The van der Waals surface area contributed by atoms with Gasteiger partial charge in [-0.2, -0.15) is 0 Å². The van der Waals surface area contributed by atoms with Crippen LogP contribution in [0.5, 0.6) is 0 Å². The zero-order valence-corrected chi connectivity index (χ0v) is 15.2. The molecule has 0 radical (unpaired) electrons. The van der Waals surface area contributed by atoms with Crippen LogP contribution in [0.2, 0.25) is 0 Å². The fourth-order valence-electron chi connectivity index (χ4n) is 3.38. The smallest absolute Gasteiger partial charge is 0.250 e. The first-order valence-electron chi connectivity index (χ1n) is 9.20. The first-order valence-corrected chi connectivity index (χ1v) is 9.20. The number of pyridine rings is 2. The second-order valence-corrected chi connectivity index (χ2v) is 6.85. The molecule has 2 aromatic heterocycles. The van der Waals surface area contributed by atoms with Gasteiger partial charge in [-0.3, -0.25) is 19.5 Å². The Kier molecular flexibility index (Phi) is 6.17. The molecule has 0 aromatic carbocycles. The molecule has 0 aliphatic carbocycles. The van der Waals surface area contributed by atoms with Crippen LogP contribution < -0.4 is 10.9 Å². The van der Waals surface area contributed by atoms with Crippen molar-refractivity contribution < 1.29 is 4.79 Å². The summed E-state index contributed by atoms with van der Waals surface area (Å²) in [5, 5.41) is 3.12. The average molecular weight is 354 g/mol. The fourth-order valence-corrected chi connectivity index (χ4v) is 3.38. The van der Waals surface area contributed by atoms with E-state index in [1.54, 1.807) is 10.6 Å². The van der Waals surface area contributed by atoms with Crippen molar-refractivity contribution in [2.75, 3.05) is 13.1 Å². The lowest BCUT2D eigenvalue weighted by Crippen LogP contribution is -2.44. The maximum atomic E-state index is 12.2. The van der Waals surface area contributed by atoms with Crippen LogP contribution in [0.3, 0.4) is 0 Å². The van der Waals surface area contributed by atoms with Gasteiger partial charge in [0.1, 0.15) is 0 Å². The number of nitrogens with zero attached hydrogens (tertiary/aromatic N) is 3. The molecule has 138 valence electrons. The molecular weight excluding hydrogens is 328 g/mol. The highest BCUT2D eigenvalue weighted by atomic mass is 16.2. The van der Waals surface area contributed by atoms with Crippen molar-refractivity contribution in [3.05, 3.63) is 64.3 Å². The Balaban J connectivity index is 1.41. The highest BCUT2D eigenvalue weighted by molar-refractivity contribution is 5.76. The van der Waals surface area contributed by atoms with Crippen LogP contribution in [-0.2, 0) is 17.9 Å². The van der Waals surface area contributed by atoms with E-state index < -0.39 is 0 Å². The summed E-state index contributed by atoms with van der Waals surface area (Å²) in [7, 11) is 0. The van der Waals surface area contributed by atoms with Gasteiger partial charge in [-0.05, 0) is 38.0 Å². The lowest BCUT2D eigenvalue weighted by molar-refractivity contribution is -0.122. The van der Waals surface area contributed by atoms with Crippen molar-refractivity contribution >= 4 is 5.91 Å². The van der Waals surface area contributed by atoms with Gasteiger partial charge in [0.05, 0.1) is 5.69 Å². The number of aromatic nitrogens is 2. The second kappa shape index (κ2) is 8.76. The molecular formula is C20H26N4O2. The average Bonchev–Trinajstić information content (AvgIpc) is 2.64. The Morgan fingerprint density at radius 2 is 2.00 bits per heavy atom. The number of hydrogen-bond acceptors (Lipinski definition) is 4. The molecule has 6 heteroatoms. The minimum Gasteiger partial charge on any atom is -0.353 e. The number of nitrogens with one attached hydrogen (secondary N) is 1. The summed E-state index contributed by atoms with van der Waals surface area (Å²) in [6.45, 7) is 5.09. The molecule has 3 heterocycles. The van der Waals surface area contributed by atoms with E-state index in [0.29, 0.717) is 13.0 Å². The number of likely N-dealkylation sites (tertiary alicyclic amines) is 1. The van der Waals surface area contributed by atoms with Gasteiger partial charge in [-0.1, -0.05) is 12.1 Å². The monoisotopic (exact) mass is 354 g/mol. The van der Waals surface area contributed by atoms with Gasteiger partial charge in [0.25, 0.3) is 5.56 Å². The Bertz CT molecular complexity index is 780. The Hall–Kier alpha value is -2.47. The lowest BCUT2D eigenvalue weighted by atomic mass is 10.0. The summed E-state index contributed by atoms with van der Waals surface area (Å²) in [5.41, 5.74) is 1.91. The zero-order valence-electron chi connectivity index (χ0n) is 15.2. The molecule has 1 aliphatic heterocycles. The highest BCUT2D eigenvalue weighted by Gasteiger charge is 2.20. The van der Waals surface area contributed by atoms with Crippen molar-refractivity contribution in [3.8, 4) is 0 Å². The van der Waals surface area contributed by atoms with Crippen molar-refractivity contribution in [1.29, 1.82) is 0 Å². The molecule has 1 amide bonds. The molecule has 1 fully saturated rings. The number of aryl methyl sites for hydroxylation is 1. The summed E-state index contributed by atoms with van der Waals surface area (Å²) in [6.07, 6.45) is 4.05. The van der Waals surface area contributed by atoms with Crippen LogP contribution >= 0.6 is 0 Å². The summed E-state index contributed by atoms with van der Waals surface area (Å²) >= 11 is 0. The molecule has 0 bridgehead atoms. The standard InChI is InChI=1S/C20H26N4O2/c1-16-5-4-7-20(26)24(16)14-10-19(25)22-17-8-12-23(13-9-17)15-18-6-2-3-11-21-18/h2-7,11,17H,8-10,12-15H2,1H3,(H,22,25). The number of rotatable bonds is 6. The van der Waals surface area contributed by atoms with E-state index in [1.807, 2.05) is 37.4 Å². The lowest BCUT2D eigenvalue weighted by Gasteiger charge is -2.32. The summed E-state index contributed by atoms with van der Waals surface area (Å²) in [5.74, 6) is 0.0170. The van der Waals surface area contributed by atoms with Gasteiger partial charge in [-0.25, -0.2) is 0 Å². The first kappa shape index (κ1) is 18.3. The van der Waals surface area contributed by atoms with Crippen LogP contribution in [0.15, 0.2) is 47.4 Å². The summed E-state index contributed by atoms with van der Waals surface area (Å²) in [6, 6.07) is 11.4. The van der Waals surface area contributed by atoms with Crippen LogP contribution in [0, 0.1) is 6.92 Å². The molecule has 1 aliphatic rings. The molecule has 3 rings (SSSR count). The molecule has 0 unspecified atom stereocenters. The van der Waals surface area contributed by atoms with E-state index in [-0.39, 0.29) is 17.5 Å². The zero-order chi connectivity index (χ0) is 18.4. The third kappa shape index (κ3) is 5.02. The topological polar surface area (TPSA) is 67.2 Å². The number of amides is 1. The predicted octanol–water partition coefficient (Wildman–Crippen LogP) is 1.72. The first-order chi connectivity index (χ1) is 12.6. The van der Waals surface area contributed by atoms with E-state index in [1.165, 1.54) is 6.07 Å². The molecule has 6 nitrogen and oxygen atoms in total. The predicted molar refractivity (Wildman–Crippen MR) is 101 cm³/mol. The quantitative estimate of drug-likeness (QED) is 0.858. The maximum Gasteiger partial charge on any atom is 0.250 e. The van der Waals surface area contributed by atoms with Crippen molar-refractivity contribution in [1.82, 2.24) is 19.8 Å². The molecule has 2 aromatic rings. The second-order valence-electron chi connectivity index (χ2n) is 6.85. The van der Waals surface area contributed by atoms with Gasteiger partial charge in [0.15, 0.2) is 0 Å². The normalized spacial score (nSPS) is 15.7. The molecule has 0 spiro atoms. The third-order valence-electron chi connectivity index (χ3n) is 4.89. The van der Waals surface area contributed by atoms with Crippen LogP contribution in [0.4, 0.5) is 0 Å². The Morgan fingerprint density at radius 1 is 1.19 bits per heavy atom. The molecule has 1 saturated heterocycles. The minimum absolute atomic E-state index is 0.0170. The molecule has 0 atom stereocenters. The number of carbonyl (C=O) groups is 1. The van der Waals surface area contributed by atoms with Crippen LogP contribution in [0.25, 0.3) is 0 Å². The van der Waals surface area contributed by atoms with E-state index in [0.717, 1.165) is 43.9 Å². The van der Waals surface area contributed by atoms with Crippen molar-refractivity contribution in [2.45, 2.75) is 45.3 Å². The van der Waals surface area contributed by atoms with Gasteiger partial charge < -0.3 is 9.88 Å². The van der Waals surface area contributed by atoms with E-state index in [4.69, 9.17) is 0 Å². The van der Waals surface area contributed by atoms with Crippen LogP contribution in [0.1, 0.15) is 30.7 Å². The molecule has 26 heavy (non-hydrogen) atoms. The van der Waals surface area contributed by atoms with Gasteiger partial charge in [0.2, 0.25) is 5.91 Å². The van der Waals surface area contributed by atoms with Crippen molar-refractivity contribution in [3.63, 3.8) is 0 Å².